The highest BCUT2D eigenvalue weighted by molar-refractivity contribution is 5.95. The van der Waals surface area contributed by atoms with Gasteiger partial charge in [0.05, 0.1) is 11.8 Å². The van der Waals surface area contributed by atoms with Crippen LogP contribution < -0.4 is 5.32 Å². The van der Waals surface area contributed by atoms with Crippen molar-refractivity contribution in [1.29, 1.82) is 0 Å². The quantitative estimate of drug-likeness (QED) is 0.938. The number of hydrogen-bond donors (Lipinski definition) is 1. The molecule has 0 atom stereocenters. The van der Waals surface area contributed by atoms with Crippen molar-refractivity contribution in [2.75, 3.05) is 18.4 Å². The fourth-order valence-electron chi connectivity index (χ4n) is 2.76. The number of anilines is 1. The van der Waals surface area contributed by atoms with E-state index in [0.717, 1.165) is 12.1 Å². The monoisotopic (exact) mass is 334 g/mol. The Bertz CT molecular complexity index is 718. The van der Waals surface area contributed by atoms with E-state index < -0.39 is 29.1 Å². The predicted molar refractivity (Wildman–Crippen MR) is 82.3 cm³/mol. The summed E-state index contributed by atoms with van der Waals surface area (Å²) in [6, 6.07) is 5.00. The fraction of sp³-hybridized carbons (Fsp3) is 0.294. The maximum atomic E-state index is 13.6. The molecule has 0 aliphatic carbocycles. The van der Waals surface area contributed by atoms with Crippen molar-refractivity contribution in [3.05, 3.63) is 54.0 Å². The van der Waals surface area contributed by atoms with Crippen LogP contribution in [0.2, 0.25) is 0 Å². The Balaban J connectivity index is 1.58. The molecule has 0 radical (unpaired) electrons. The number of carbonyl (C=O) groups is 2. The van der Waals surface area contributed by atoms with Crippen LogP contribution in [0.5, 0.6) is 0 Å². The standard InChI is InChI=1S/C17H16F2N2O3/c18-13-2-1-3-14(19)15(13)20-16(22)11-4-7-21(8-5-11)17(23)12-6-9-24-10-12/h1-3,6,9-11H,4-5,7-8H2,(H,20,22). The number of nitrogens with zero attached hydrogens (tertiary/aromatic N) is 1. The second-order valence-electron chi connectivity index (χ2n) is 5.66. The van der Waals surface area contributed by atoms with Crippen molar-refractivity contribution in [1.82, 2.24) is 4.90 Å². The first-order chi connectivity index (χ1) is 11.6. The predicted octanol–water partition coefficient (Wildman–Crippen LogP) is 3.05. The first kappa shape index (κ1) is 16.2. The SMILES string of the molecule is O=C(Nc1c(F)cccc1F)C1CCN(C(=O)c2ccoc2)CC1. The smallest absolute Gasteiger partial charge is 0.257 e. The van der Waals surface area contributed by atoms with Crippen molar-refractivity contribution in [2.24, 2.45) is 5.92 Å². The van der Waals surface area contributed by atoms with Gasteiger partial charge in [-0.1, -0.05) is 6.07 Å². The molecule has 1 saturated heterocycles. The summed E-state index contributed by atoms with van der Waals surface area (Å²) < 4.78 is 32.1. The number of halogens is 2. The molecule has 1 aliphatic heterocycles. The van der Waals surface area contributed by atoms with Gasteiger partial charge in [0.25, 0.3) is 5.91 Å². The summed E-state index contributed by atoms with van der Waals surface area (Å²) in [4.78, 5) is 26.0. The van der Waals surface area contributed by atoms with Crippen molar-refractivity contribution < 1.29 is 22.8 Å². The molecule has 2 heterocycles. The lowest BCUT2D eigenvalue weighted by Crippen LogP contribution is -2.41. The van der Waals surface area contributed by atoms with Crippen molar-refractivity contribution >= 4 is 17.5 Å². The number of benzene rings is 1. The van der Waals surface area contributed by atoms with Crippen LogP contribution in [0.1, 0.15) is 23.2 Å². The molecule has 1 aliphatic rings. The molecule has 0 saturated carbocycles. The summed E-state index contributed by atoms with van der Waals surface area (Å²) in [6.07, 6.45) is 3.68. The summed E-state index contributed by atoms with van der Waals surface area (Å²) in [5, 5.41) is 2.31. The Morgan fingerprint density at radius 1 is 1.12 bits per heavy atom. The third-order valence-corrected chi connectivity index (χ3v) is 4.13. The highest BCUT2D eigenvalue weighted by atomic mass is 19.1. The minimum absolute atomic E-state index is 0.150. The molecule has 0 unspecified atom stereocenters. The molecule has 3 rings (SSSR count). The number of piperidine rings is 1. The molecule has 2 amide bonds. The number of para-hydroxylation sites is 1. The van der Waals surface area contributed by atoms with Crippen LogP contribution in [0, 0.1) is 17.6 Å². The molecule has 2 aromatic rings. The summed E-state index contributed by atoms with van der Waals surface area (Å²) in [5.41, 5.74) is 0.0331. The normalized spacial score (nSPS) is 15.3. The van der Waals surface area contributed by atoms with Gasteiger partial charge in [-0.25, -0.2) is 8.78 Å². The van der Waals surface area contributed by atoms with Gasteiger partial charge < -0.3 is 14.6 Å². The molecule has 126 valence electrons. The molecular weight excluding hydrogens is 318 g/mol. The number of carbonyl (C=O) groups excluding carboxylic acids is 2. The molecule has 0 spiro atoms. The number of furan rings is 1. The van der Waals surface area contributed by atoms with Crippen LogP contribution in [0.3, 0.4) is 0 Å². The topological polar surface area (TPSA) is 62.6 Å². The van der Waals surface area contributed by atoms with E-state index in [1.165, 1.54) is 18.6 Å². The second kappa shape index (κ2) is 6.82. The molecule has 5 nitrogen and oxygen atoms in total. The van der Waals surface area contributed by atoms with Gasteiger partial charge in [0.2, 0.25) is 5.91 Å². The highest BCUT2D eigenvalue weighted by Gasteiger charge is 2.29. The number of likely N-dealkylation sites (tertiary alicyclic amines) is 1. The third-order valence-electron chi connectivity index (χ3n) is 4.13. The first-order valence-electron chi connectivity index (χ1n) is 7.62. The molecule has 0 bridgehead atoms. The van der Waals surface area contributed by atoms with Crippen molar-refractivity contribution in [3.8, 4) is 0 Å². The van der Waals surface area contributed by atoms with Gasteiger partial charge in [-0.05, 0) is 31.0 Å². The van der Waals surface area contributed by atoms with E-state index in [4.69, 9.17) is 4.42 Å². The Morgan fingerprint density at radius 2 is 1.79 bits per heavy atom. The zero-order valence-electron chi connectivity index (χ0n) is 12.8. The van der Waals surface area contributed by atoms with E-state index in [-0.39, 0.29) is 5.91 Å². The van der Waals surface area contributed by atoms with Gasteiger partial charge in [0, 0.05) is 19.0 Å². The van der Waals surface area contributed by atoms with E-state index in [1.807, 2.05) is 0 Å². The van der Waals surface area contributed by atoms with Crippen LogP contribution in [0.25, 0.3) is 0 Å². The summed E-state index contributed by atoms with van der Waals surface area (Å²) in [7, 11) is 0. The molecule has 1 aromatic heterocycles. The Labute approximate surface area is 137 Å². The lowest BCUT2D eigenvalue weighted by molar-refractivity contribution is -0.121. The van der Waals surface area contributed by atoms with Crippen molar-refractivity contribution in [2.45, 2.75) is 12.8 Å². The van der Waals surface area contributed by atoms with Crippen LogP contribution >= 0.6 is 0 Å². The number of hydrogen-bond acceptors (Lipinski definition) is 3. The molecule has 7 heteroatoms. The molecule has 24 heavy (non-hydrogen) atoms. The minimum atomic E-state index is -0.809. The third kappa shape index (κ3) is 3.29. The van der Waals surface area contributed by atoms with E-state index in [0.29, 0.717) is 31.5 Å². The lowest BCUT2D eigenvalue weighted by Gasteiger charge is -2.31. The number of amides is 2. The summed E-state index contributed by atoms with van der Waals surface area (Å²) in [6.45, 7) is 0.809. The minimum Gasteiger partial charge on any atom is -0.472 e. The Morgan fingerprint density at radius 3 is 2.38 bits per heavy atom. The maximum Gasteiger partial charge on any atom is 0.257 e. The van der Waals surface area contributed by atoms with Crippen LogP contribution in [0.15, 0.2) is 41.2 Å². The molecule has 1 fully saturated rings. The van der Waals surface area contributed by atoms with Gasteiger partial charge in [0.1, 0.15) is 23.6 Å². The molecule has 1 aromatic carbocycles. The largest absolute Gasteiger partial charge is 0.472 e. The fourth-order valence-corrected chi connectivity index (χ4v) is 2.76. The highest BCUT2D eigenvalue weighted by Crippen LogP contribution is 2.23. The average molecular weight is 334 g/mol. The zero-order chi connectivity index (χ0) is 17.1. The first-order valence-corrected chi connectivity index (χ1v) is 7.62. The van der Waals surface area contributed by atoms with Gasteiger partial charge >= 0.3 is 0 Å². The average Bonchev–Trinajstić information content (AvgIpc) is 3.12. The van der Waals surface area contributed by atoms with E-state index in [2.05, 4.69) is 5.32 Å². The Hall–Kier alpha value is -2.70. The van der Waals surface area contributed by atoms with Crippen LogP contribution in [-0.4, -0.2) is 29.8 Å². The molecular formula is C17H16F2N2O3. The van der Waals surface area contributed by atoms with Crippen LogP contribution in [-0.2, 0) is 4.79 Å². The number of rotatable bonds is 3. The van der Waals surface area contributed by atoms with Gasteiger partial charge in [-0.15, -0.1) is 0 Å². The number of nitrogens with one attached hydrogen (secondary N) is 1. The van der Waals surface area contributed by atoms with Gasteiger partial charge in [0.15, 0.2) is 0 Å². The van der Waals surface area contributed by atoms with Gasteiger partial charge in [-0.2, -0.15) is 0 Å². The van der Waals surface area contributed by atoms with E-state index in [1.54, 1.807) is 11.0 Å². The van der Waals surface area contributed by atoms with E-state index in [9.17, 15) is 18.4 Å². The Kier molecular flexibility index (Phi) is 4.59. The van der Waals surface area contributed by atoms with Crippen molar-refractivity contribution in [3.63, 3.8) is 0 Å². The zero-order valence-corrected chi connectivity index (χ0v) is 12.8. The summed E-state index contributed by atoms with van der Waals surface area (Å²) in [5.74, 6) is -2.60. The second-order valence-corrected chi connectivity index (χ2v) is 5.66. The van der Waals surface area contributed by atoms with E-state index >= 15 is 0 Å². The lowest BCUT2D eigenvalue weighted by atomic mass is 9.95. The van der Waals surface area contributed by atoms with Gasteiger partial charge in [-0.3, -0.25) is 9.59 Å². The maximum absolute atomic E-state index is 13.6. The van der Waals surface area contributed by atoms with Crippen LogP contribution in [0.4, 0.5) is 14.5 Å². The summed E-state index contributed by atoms with van der Waals surface area (Å²) >= 11 is 0. The molecule has 1 N–H and O–H groups in total.